The maximum atomic E-state index is 12.9. The predicted molar refractivity (Wildman–Crippen MR) is 270 cm³/mol. The first kappa shape index (κ1) is 56.5. The molecule has 1 amide bonds. The van der Waals surface area contributed by atoms with Gasteiger partial charge in [-0.2, -0.15) is 26.3 Å². The fourth-order valence-corrected chi connectivity index (χ4v) is 7.60. The Hall–Kier alpha value is -5.21. The third-order valence-corrected chi connectivity index (χ3v) is 11.4. The van der Waals surface area contributed by atoms with Crippen LogP contribution in [0.25, 0.3) is 5.52 Å². The number of amides is 1. The number of nitrogens with one attached hydrogen (secondary N) is 4. The Kier molecular flexibility index (Phi) is 16.9. The number of hydrogen-bond donors (Lipinski definition) is 5. The van der Waals surface area contributed by atoms with Crippen molar-refractivity contribution >= 4 is 124 Å². The SMILES string of the molecule is ClP(Cl)(Cl)(Cl)Cl.NCc1nnc2n(c1=O)C[C@H](c1ccc(Cl)cc1)N2.O=C(NCc1nnc2n(c1=O)C[C@H](c1ccc(Cl)cc1)N2)C(F)(F)F.O=c1c2cnc(C(F)(F)F)n2nc2n1C[C@H](c1ccc(Cl)cc1)N2. The number of carbonyl (C=O) groups is 1. The van der Waals surface area contributed by atoms with Crippen molar-refractivity contribution in [1.82, 2.24) is 54.0 Å². The van der Waals surface area contributed by atoms with Crippen molar-refractivity contribution < 1.29 is 31.1 Å². The minimum Gasteiger partial charge on any atom is -0.346 e. The van der Waals surface area contributed by atoms with Crippen LogP contribution in [0.15, 0.2) is 93.4 Å². The number of anilines is 3. The van der Waals surface area contributed by atoms with E-state index in [1.807, 2.05) is 24.3 Å². The second-order valence-electron chi connectivity index (χ2n) is 15.7. The molecule has 0 fully saturated rings. The molecule has 10 rings (SSSR count). The van der Waals surface area contributed by atoms with Gasteiger partial charge in [0.15, 0.2) is 5.52 Å². The molecule has 34 heteroatoms. The number of nitrogens with two attached hydrogens (primary N) is 1. The van der Waals surface area contributed by atoms with Gasteiger partial charge in [0, 0.05) is 21.6 Å². The van der Waals surface area contributed by atoms with Crippen LogP contribution in [0.3, 0.4) is 0 Å². The molecule has 3 aliphatic rings. The van der Waals surface area contributed by atoms with Gasteiger partial charge in [-0.15, -0.1) is 25.5 Å². The summed E-state index contributed by atoms with van der Waals surface area (Å²) < 4.78 is 76.4. The molecule has 7 heterocycles. The van der Waals surface area contributed by atoms with Gasteiger partial charge < -0.3 is 27.0 Å². The minimum atomic E-state index is -5.03. The largest absolute Gasteiger partial charge is 0.471 e. The van der Waals surface area contributed by atoms with E-state index in [9.17, 15) is 45.5 Å². The van der Waals surface area contributed by atoms with Gasteiger partial charge >= 0.3 is 77.8 Å². The van der Waals surface area contributed by atoms with Crippen molar-refractivity contribution in [2.24, 2.45) is 5.73 Å². The first-order valence-corrected chi connectivity index (χ1v) is 28.6. The van der Waals surface area contributed by atoms with Gasteiger partial charge in [-0.3, -0.25) is 32.9 Å². The number of fused-ring (bicyclic) bond motifs is 4. The maximum absolute atomic E-state index is 12.9. The van der Waals surface area contributed by atoms with Crippen molar-refractivity contribution in [2.45, 2.75) is 63.2 Å². The average Bonchev–Trinajstić information content (AvgIpc) is 4.15. The molecule has 0 unspecified atom stereocenters. The number of alkyl halides is 6. The van der Waals surface area contributed by atoms with E-state index in [1.165, 1.54) is 9.13 Å². The third kappa shape index (κ3) is 14.2. The molecule has 0 saturated carbocycles. The summed E-state index contributed by atoms with van der Waals surface area (Å²) in [6.45, 7) is 0.434. The van der Waals surface area contributed by atoms with Gasteiger partial charge in [0.1, 0.15) is 11.4 Å². The zero-order valence-electron chi connectivity index (χ0n) is 36.7. The molecule has 0 bridgehead atoms. The summed E-state index contributed by atoms with van der Waals surface area (Å²) >= 11 is 42.4. The molecule has 6 N–H and O–H groups in total. The number of halogens is 14. The second kappa shape index (κ2) is 22.2. The van der Waals surface area contributed by atoms with Gasteiger partial charge in [-0.25, -0.2) is 9.50 Å². The molecular formula is C40H32Cl8F6N15O4P. The molecule has 4 aromatic heterocycles. The summed E-state index contributed by atoms with van der Waals surface area (Å²) in [5, 5.41) is 31.7. The van der Waals surface area contributed by atoms with Crippen LogP contribution in [0.1, 0.15) is 52.0 Å². The summed E-state index contributed by atoms with van der Waals surface area (Å²) in [6.07, 6.45) is -8.83. The average molecular weight is 1220 g/mol. The van der Waals surface area contributed by atoms with Crippen LogP contribution >= 0.6 is 94.4 Å². The van der Waals surface area contributed by atoms with Crippen LogP contribution in [0.5, 0.6) is 0 Å². The zero-order chi connectivity index (χ0) is 54.1. The third-order valence-electron chi connectivity index (χ3n) is 10.6. The van der Waals surface area contributed by atoms with Crippen LogP contribution in [0.4, 0.5) is 44.2 Å². The molecule has 0 spiro atoms. The van der Waals surface area contributed by atoms with Crippen molar-refractivity contribution in [1.29, 1.82) is 0 Å². The van der Waals surface area contributed by atoms with Gasteiger partial charge in [0.2, 0.25) is 23.7 Å². The van der Waals surface area contributed by atoms with Gasteiger partial charge in [0.25, 0.3) is 16.7 Å². The van der Waals surface area contributed by atoms with E-state index in [-0.39, 0.29) is 72.1 Å². The summed E-state index contributed by atoms with van der Waals surface area (Å²) in [4.78, 5) is 50.9. The molecule has 74 heavy (non-hydrogen) atoms. The number of benzene rings is 3. The number of nitrogens with zero attached hydrogens (tertiary/aromatic N) is 10. The van der Waals surface area contributed by atoms with E-state index in [0.29, 0.717) is 32.1 Å². The molecule has 0 radical (unpaired) electrons. The Balaban J connectivity index is 0.000000155. The van der Waals surface area contributed by atoms with Crippen LogP contribution in [-0.4, -0.2) is 60.8 Å². The van der Waals surface area contributed by atoms with E-state index >= 15 is 0 Å². The molecule has 0 saturated heterocycles. The van der Waals surface area contributed by atoms with E-state index in [1.54, 1.807) is 58.4 Å². The maximum Gasteiger partial charge on any atom is 0.471 e. The fraction of sp³-hybridized carbons (Fsp3) is 0.250. The van der Waals surface area contributed by atoms with Crippen LogP contribution in [0, 0.1) is 0 Å². The van der Waals surface area contributed by atoms with E-state index in [0.717, 1.165) is 22.9 Å². The summed E-state index contributed by atoms with van der Waals surface area (Å²) in [6, 6.07) is 20.9. The van der Waals surface area contributed by atoms with E-state index in [2.05, 4.69) is 46.4 Å². The second-order valence-corrected chi connectivity index (χ2v) is 33.6. The van der Waals surface area contributed by atoms with Crippen LogP contribution in [0.2, 0.25) is 15.1 Å². The minimum absolute atomic E-state index is 0.00714. The molecule has 3 aliphatic heterocycles. The topological polar surface area (TPSA) is 239 Å². The van der Waals surface area contributed by atoms with Crippen molar-refractivity contribution in [2.75, 3.05) is 16.0 Å². The first-order valence-electron chi connectivity index (χ1n) is 20.7. The number of hydrogen-bond acceptors (Lipinski definition) is 14. The number of carbonyl (C=O) groups excluding carboxylic acids is 1. The molecule has 0 aliphatic carbocycles. The Bertz CT molecular complexity index is 3380. The van der Waals surface area contributed by atoms with Crippen molar-refractivity contribution in [3.8, 4) is 0 Å². The standard InChI is InChI=1S/C14H11ClF3N5O2.C14H9ClF3N5O.C12H12ClN5O.Cl5P/c15-8-3-1-7(2-4-8)10-6-23-11(24)9(21-22-13(23)20-10)5-19-12(25)14(16,17)18;15-8-3-1-7(2-4-8)9-6-22-11(24)10-5-19-12(14(16,17)18)23(10)21-13(22)20-9;13-8-3-1-7(2-4-8)10-6-18-11(19)9(5-14)16-17-12(18)15-10;1-6(2,3,4)5/h1-4,10H,5-6H2,(H,19,25)(H,20,22);1-5,9H,6H2,(H,20,21);1-4,10H,5-6,14H2,(H,15,17);/t10-;9-;10-;/m111./s1. The Labute approximate surface area is 450 Å². The summed E-state index contributed by atoms with van der Waals surface area (Å²) in [7, 11) is 0. The number of aromatic nitrogens is 10. The molecular weight excluding hydrogens is 1180 g/mol. The summed E-state index contributed by atoms with van der Waals surface area (Å²) in [5.41, 5.74) is 6.62. The van der Waals surface area contributed by atoms with Gasteiger partial charge in [0.05, 0.1) is 50.5 Å². The monoisotopic (exact) mass is 1210 g/mol. The molecule has 3 aromatic carbocycles. The molecule has 394 valence electrons. The quantitative estimate of drug-likeness (QED) is 0.0770. The van der Waals surface area contributed by atoms with Gasteiger partial charge in [-0.1, -0.05) is 71.2 Å². The Morgan fingerprint density at radius 1 is 0.622 bits per heavy atom. The zero-order valence-corrected chi connectivity index (χ0v) is 43.6. The number of rotatable bonds is 6. The number of imidazole rings is 1. The molecule has 19 nitrogen and oxygen atoms in total. The Morgan fingerprint density at radius 3 is 1.39 bits per heavy atom. The van der Waals surface area contributed by atoms with Crippen molar-refractivity contribution in [3.63, 3.8) is 0 Å². The molecule has 3 atom stereocenters. The predicted octanol–water partition coefficient (Wildman–Crippen LogP) is 9.59. The van der Waals surface area contributed by atoms with Crippen LogP contribution < -0.4 is 43.7 Å². The smallest absolute Gasteiger partial charge is 0.346 e. The fourth-order valence-electron chi connectivity index (χ4n) is 7.22. The van der Waals surface area contributed by atoms with Crippen LogP contribution in [-0.2, 0) is 43.7 Å². The summed E-state index contributed by atoms with van der Waals surface area (Å²) in [5.74, 6) is -2.62. The van der Waals surface area contributed by atoms with E-state index in [4.69, 9.17) is 96.7 Å². The normalized spacial score (nSPS) is 17.0. The van der Waals surface area contributed by atoms with Crippen molar-refractivity contribution in [3.05, 3.63) is 159 Å². The van der Waals surface area contributed by atoms with E-state index < -0.39 is 45.1 Å². The van der Waals surface area contributed by atoms with Gasteiger partial charge in [-0.05, 0) is 53.1 Å². The Morgan fingerprint density at radius 2 is 1.00 bits per heavy atom. The molecule has 7 aromatic rings. The first-order chi connectivity index (χ1) is 34.5.